The first-order valence-corrected chi connectivity index (χ1v) is 4.24. The summed E-state index contributed by atoms with van der Waals surface area (Å²) in [7, 11) is 1.39. The van der Waals surface area contributed by atoms with E-state index in [2.05, 4.69) is 0 Å². The van der Waals surface area contributed by atoms with Crippen LogP contribution in [0.4, 0.5) is 4.39 Å². The molecule has 0 heterocycles. The van der Waals surface area contributed by atoms with Gasteiger partial charge in [0.25, 0.3) is 0 Å². The summed E-state index contributed by atoms with van der Waals surface area (Å²) in [4.78, 5) is 0. The Morgan fingerprint density at radius 2 is 2.21 bits per heavy atom. The number of ether oxygens (including phenoxy) is 2. The van der Waals surface area contributed by atoms with Crippen LogP contribution >= 0.6 is 0 Å². The van der Waals surface area contributed by atoms with Crippen molar-refractivity contribution in [1.29, 1.82) is 5.41 Å². The lowest BCUT2D eigenvalue weighted by Crippen LogP contribution is -2.05. The van der Waals surface area contributed by atoms with Crippen LogP contribution in [0.1, 0.15) is 12.5 Å². The Balaban J connectivity index is 2.91. The average Bonchev–Trinajstić information content (AvgIpc) is 2.18. The van der Waals surface area contributed by atoms with E-state index < -0.39 is 5.82 Å². The third-order valence-electron chi connectivity index (χ3n) is 1.70. The molecule has 0 amide bonds. The lowest BCUT2D eigenvalue weighted by molar-refractivity contribution is 0.325. The van der Waals surface area contributed by atoms with E-state index in [1.807, 2.05) is 0 Å². The van der Waals surface area contributed by atoms with Crippen LogP contribution in [0.3, 0.4) is 0 Å². The molecule has 0 bridgehead atoms. The number of rotatable bonds is 3. The van der Waals surface area contributed by atoms with Crippen molar-refractivity contribution in [2.45, 2.75) is 6.92 Å². The van der Waals surface area contributed by atoms with Crippen molar-refractivity contribution in [3.8, 4) is 5.75 Å². The summed E-state index contributed by atoms with van der Waals surface area (Å²) in [6.07, 6.45) is 0. The second-order valence-corrected chi connectivity index (χ2v) is 2.61. The van der Waals surface area contributed by atoms with Gasteiger partial charge in [-0.1, -0.05) is 0 Å². The first-order valence-electron chi connectivity index (χ1n) is 4.24. The Morgan fingerprint density at radius 3 is 2.71 bits per heavy atom. The molecule has 0 saturated heterocycles. The van der Waals surface area contributed by atoms with Crippen LogP contribution in [-0.2, 0) is 4.74 Å². The molecule has 0 aliphatic carbocycles. The molecule has 0 spiro atoms. The number of hydrogen-bond donors (Lipinski definition) is 1. The van der Waals surface area contributed by atoms with Crippen molar-refractivity contribution in [2.75, 3.05) is 13.7 Å². The van der Waals surface area contributed by atoms with Crippen molar-refractivity contribution in [1.82, 2.24) is 0 Å². The highest BCUT2D eigenvalue weighted by Gasteiger charge is 2.07. The minimum absolute atomic E-state index is 0.0333. The van der Waals surface area contributed by atoms with E-state index in [9.17, 15) is 4.39 Å². The maximum absolute atomic E-state index is 13.2. The van der Waals surface area contributed by atoms with Gasteiger partial charge in [0.05, 0.1) is 13.7 Å². The molecule has 0 atom stereocenters. The summed E-state index contributed by atoms with van der Waals surface area (Å²) in [5.74, 6) is -0.360. The first-order chi connectivity index (χ1) is 6.69. The van der Waals surface area contributed by atoms with Gasteiger partial charge in [0.15, 0.2) is 11.6 Å². The van der Waals surface area contributed by atoms with Gasteiger partial charge in [-0.2, -0.15) is 0 Å². The van der Waals surface area contributed by atoms with Gasteiger partial charge in [-0.05, 0) is 25.1 Å². The quantitative estimate of drug-likeness (QED) is 0.596. The smallest absolute Gasteiger partial charge is 0.213 e. The molecule has 0 unspecified atom stereocenters. The van der Waals surface area contributed by atoms with Crippen LogP contribution in [0, 0.1) is 11.2 Å². The van der Waals surface area contributed by atoms with Crippen LogP contribution in [0.25, 0.3) is 0 Å². The SMILES string of the molecule is CCOC(=N)c1ccc(OC)c(F)c1. The maximum atomic E-state index is 13.2. The zero-order valence-corrected chi connectivity index (χ0v) is 8.13. The van der Waals surface area contributed by atoms with Gasteiger partial charge in [0.2, 0.25) is 5.90 Å². The number of methoxy groups -OCH3 is 1. The minimum Gasteiger partial charge on any atom is -0.494 e. The summed E-state index contributed by atoms with van der Waals surface area (Å²) in [6, 6.07) is 4.27. The summed E-state index contributed by atoms with van der Waals surface area (Å²) < 4.78 is 22.9. The summed E-state index contributed by atoms with van der Waals surface area (Å²) in [5.41, 5.74) is 0.408. The van der Waals surface area contributed by atoms with Gasteiger partial charge in [0.1, 0.15) is 0 Å². The molecule has 14 heavy (non-hydrogen) atoms. The van der Waals surface area contributed by atoms with E-state index in [4.69, 9.17) is 14.9 Å². The van der Waals surface area contributed by atoms with Crippen molar-refractivity contribution in [3.63, 3.8) is 0 Å². The Hall–Kier alpha value is -1.58. The number of nitrogens with one attached hydrogen (secondary N) is 1. The number of benzene rings is 1. The second-order valence-electron chi connectivity index (χ2n) is 2.61. The molecule has 0 fully saturated rings. The molecule has 3 nitrogen and oxygen atoms in total. The number of halogens is 1. The molecule has 0 aromatic heterocycles. The van der Waals surface area contributed by atoms with Gasteiger partial charge < -0.3 is 9.47 Å². The highest BCUT2D eigenvalue weighted by molar-refractivity contribution is 5.91. The lowest BCUT2D eigenvalue weighted by Gasteiger charge is -2.06. The van der Waals surface area contributed by atoms with Crippen molar-refractivity contribution < 1.29 is 13.9 Å². The van der Waals surface area contributed by atoms with E-state index >= 15 is 0 Å². The molecular weight excluding hydrogens is 185 g/mol. The summed E-state index contributed by atoms with van der Waals surface area (Å²) in [6.45, 7) is 2.17. The molecule has 0 aliphatic rings. The van der Waals surface area contributed by atoms with Crippen LogP contribution in [0.15, 0.2) is 18.2 Å². The van der Waals surface area contributed by atoms with Gasteiger partial charge in [-0.15, -0.1) is 0 Å². The molecular formula is C10H12FNO2. The summed E-state index contributed by atoms with van der Waals surface area (Å²) >= 11 is 0. The highest BCUT2D eigenvalue weighted by Crippen LogP contribution is 2.17. The van der Waals surface area contributed by atoms with Crippen LogP contribution in [0.2, 0.25) is 0 Å². The molecule has 1 aromatic carbocycles. The zero-order chi connectivity index (χ0) is 10.6. The monoisotopic (exact) mass is 197 g/mol. The molecule has 1 N–H and O–H groups in total. The predicted molar refractivity (Wildman–Crippen MR) is 51.4 cm³/mol. The maximum Gasteiger partial charge on any atom is 0.213 e. The van der Waals surface area contributed by atoms with E-state index in [1.165, 1.54) is 19.2 Å². The van der Waals surface area contributed by atoms with Gasteiger partial charge in [-0.25, -0.2) is 4.39 Å². The fourth-order valence-electron chi connectivity index (χ4n) is 1.04. The molecule has 0 aliphatic heterocycles. The second kappa shape index (κ2) is 4.60. The van der Waals surface area contributed by atoms with E-state index in [0.717, 1.165) is 0 Å². The molecule has 1 rings (SSSR count). The van der Waals surface area contributed by atoms with E-state index in [0.29, 0.717) is 12.2 Å². The largest absolute Gasteiger partial charge is 0.494 e. The van der Waals surface area contributed by atoms with Crippen LogP contribution in [0.5, 0.6) is 5.75 Å². The third kappa shape index (κ3) is 2.22. The van der Waals surface area contributed by atoms with Gasteiger partial charge >= 0.3 is 0 Å². The molecule has 76 valence electrons. The fraction of sp³-hybridized carbons (Fsp3) is 0.300. The Kier molecular flexibility index (Phi) is 3.45. The molecule has 4 heteroatoms. The van der Waals surface area contributed by atoms with Gasteiger partial charge in [0, 0.05) is 5.56 Å². The van der Waals surface area contributed by atoms with E-state index in [-0.39, 0.29) is 11.6 Å². The zero-order valence-electron chi connectivity index (χ0n) is 8.13. The number of hydrogen-bond acceptors (Lipinski definition) is 3. The average molecular weight is 197 g/mol. The van der Waals surface area contributed by atoms with Crippen molar-refractivity contribution in [2.24, 2.45) is 0 Å². The molecule has 0 saturated carbocycles. The van der Waals surface area contributed by atoms with Gasteiger partial charge in [-0.3, -0.25) is 5.41 Å². The third-order valence-corrected chi connectivity index (χ3v) is 1.70. The molecule has 0 radical (unpaired) electrons. The fourth-order valence-corrected chi connectivity index (χ4v) is 1.04. The first kappa shape index (κ1) is 10.5. The minimum atomic E-state index is -0.491. The Bertz CT molecular complexity index is 339. The normalized spacial score (nSPS) is 9.64. The van der Waals surface area contributed by atoms with Crippen molar-refractivity contribution in [3.05, 3.63) is 29.6 Å². The summed E-state index contributed by atoms with van der Waals surface area (Å²) in [5, 5.41) is 7.42. The Labute approximate surface area is 82.0 Å². The molecule has 1 aromatic rings. The highest BCUT2D eigenvalue weighted by atomic mass is 19.1. The lowest BCUT2D eigenvalue weighted by atomic mass is 10.2. The predicted octanol–water partition coefficient (Wildman–Crippen LogP) is 2.20. The van der Waals surface area contributed by atoms with Crippen molar-refractivity contribution >= 4 is 5.90 Å². The van der Waals surface area contributed by atoms with Crippen LogP contribution < -0.4 is 4.74 Å². The topological polar surface area (TPSA) is 42.3 Å². The standard InChI is InChI=1S/C10H12FNO2/c1-3-14-10(12)7-4-5-9(13-2)8(11)6-7/h4-6,12H,3H2,1-2H3. The Morgan fingerprint density at radius 1 is 1.50 bits per heavy atom. The van der Waals surface area contributed by atoms with E-state index in [1.54, 1.807) is 13.0 Å². The van der Waals surface area contributed by atoms with Crippen LogP contribution in [-0.4, -0.2) is 19.6 Å².